The topological polar surface area (TPSA) is 29.1 Å². The Labute approximate surface area is 140 Å². The van der Waals surface area contributed by atoms with Crippen molar-refractivity contribution in [1.82, 2.24) is 5.32 Å². The van der Waals surface area contributed by atoms with E-state index in [4.69, 9.17) is 0 Å². The van der Waals surface area contributed by atoms with Gasteiger partial charge in [0.1, 0.15) is 0 Å². The number of benzene rings is 1. The normalized spacial score (nSPS) is 39.2. The molecule has 0 aliphatic heterocycles. The first-order chi connectivity index (χ1) is 11.1. The summed E-state index contributed by atoms with van der Waals surface area (Å²) in [5.41, 5.74) is 1.65. The van der Waals surface area contributed by atoms with E-state index in [0.29, 0.717) is 11.9 Å². The summed E-state index contributed by atoms with van der Waals surface area (Å²) < 4.78 is 0. The Hall–Kier alpha value is -1.31. The van der Waals surface area contributed by atoms with Crippen LogP contribution in [0.25, 0.3) is 0 Å². The Morgan fingerprint density at radius 3 is 2.43 bits per heavy atom. The molecule has 2 unspecified atom stereocenters. The fourth-order valence-electron chi connectivity index (χ4n) is 6.14. The molecule has 1 amide bonds. The molecule has 0 spiro atoms. The first kappa shape index (κ1) is 15.2. The third-order valence-electron chi connectivity index (χ3n) is 6.92. The molecule has 2 heteroatoms. The largest absolute Gasteiger partial charge is 0.353 e. The van der Waals surface area contributed by atoms with Gasteiger partial charge in [0.2, 0.25) is 5.91 Å². The molecule has 5 rings (SSSR count). The molecule has 0 heterocycles. The van der Waals surface area contributed by atoms with Crippen LogP contribution in [0.15, 0.2) is 30.3 Å². The maximum Gasteiger partial charge on any atom is 0.226 e. The Kier molecular flexibility index (Phi) is 3.55. The molecular formula is C21H29NO. The highest BCUT2D eigenvalue weighted by molar-refractivity contribution is 5.83. The molecule has 1 aromatic rings. The highest BCUT2D eigenvalue weighted by atomic mass is 16.2. The molecule has 4 aliphatic carbocycles. The van der Waals surface area contributed by atoms with E-state index < -0.39 is 0 Å². The lowest BCUT2D eigenvalue weighted by Gasteiger charge is -2.61. The number of hydrogen-bond acceptors (Lipinski definition) is 1. The molecule has 1 N–H and O–H groups in total. The average molecular weight is 311 g/mol. The van der Waals surface area contributed by atoms with Gasteiger partial charge in [-0.05, 0) is 74.7 Å². The fraction of sp³-hybridized carbons (Fsp3) is 0.667. The molecule has 2 nitrogen and oxygen atoms in total. The lowest BCUT2D eigenvalue weighted by Crippen LogP contribution is -2.59. The van der Waals surface area contributed by atoms with Gasteiger partial charge in [-0.25, -0.2) is 0 Å². The molecule has 4 bridgehead atoms. The van der Waals surface area contributed by atoms with Gasteiger partial charge < -0.3 is 5.32 Å². The number of amides is 1. The fourth-order valence-corrected chi connectivity index (χ4v) is 6.14. The summed E-state index contributed by atoms with van der Waals surface area (Å²) in [5, 5.41) is 3.32. The van der Waals surface area contributed by atoms with Gasteiger partial charge in [0.25, 0.3) is 0 Å². The Balaban J connectivity index is 1.67. The zero-order chi connectivity index (χ0) is 16.1. The molecular weight excluding hydrogens is 282 g/mol. The van der Waals surface area contributed by atoms with Crippen LogP contribution in [-0.2, 0) is 10.2 Å². The molecule has 4 fully saturated rings. The highest BCUT2D eigenvalue weighted by Crippen LogP contribution is 2.65. The minimum absolute atomic E-state index is 0.0939. The van der Waals surface area contributed by atoms with Crippen LogP contribution in [-0.4, -0.2) is 11.9 Å². The van der Waals surface area contributed by atoms with Crippen molar-refractivity contribution in [3.8, 4) is 0 Å². The summed E-state index contributed by atoms with van der Waals surface area (Å²) in [6.45, 7) is 4.28. The van der Waals surface area contributed by atoms with Crippen LogP contribution in [0, 0.1) is 17.3 Å². The van der Waals surface area contributed by atoms with Gasteiger partial charge in [-0.3, -0.25) is 4.79 Å². The van der Waals surface area contributed by atoms with Crippen LogP contribution in [0.2, 0.25) is 0 Å². The number of carbonyl (C=O) groups excluding carboxylic acids is 1. The van der Waals surface area contributed by atoms with Crippen LogP contribution in [0.4, 0.5) is 0 Å². The van der Waals surface area contributed by atoms with E-state index in [1.807, 2.05) is 0 Å². The van der Waals surface area contributed by atoms with Gasteiger partial charge in [-0.2, -0.15) is 0 Å². The molecule has 0 radical (unpaired) electrons. The monoisotopic (exact) mass is 311 g/mol. The SMILES string of the molecule is CC[C@@H](C)NC(=O)C12C[C@H]3C[C@@H](C1)CC(c1ccccc1)(C3)C2. The Bertz CT molecular complexity index is 579. The molecule has 124 valence electrons. The van der Waals surface area contributed by atoms with Crippen molar-refractivity contribution in [3.05, 3.63) is 35.9 Å². The summed E-state index contributed by atoms with van der Waals surface area (Å²) in [6.07, 6.45) is 8.28. The zero-order valence-electron chi connectivity index (χ0n) is 14.5. The standard InChI is InChI=1S/C21H29NO/c1-3-15(2)22-19(23)21-12-16-9-17(13-21)11-20(10-16,14-21)18-7-5-4-6-8-18/h4-8,15-17H,3,9-14H2,1-2H3,(H,22,23)/t15-,16-,17+,20?,21?/m1/s1. The summed E-state index contributed by atoms with van der Waals surface area (Å²) in [5.74, 6) is 1.85. The minimum Gasteiger partial charge on any atom is -0.353 e. The van der Waals surface area contributed by atoms with E-state index in [2.05, 4.69) is 49.5 Å². The molecule has 0 aromatic heterocycles. The van der Waals surface area contributed by atoms with Crippen molar-refractivity contribution in [2.24, 2.45) is 17.3 Å². The van der Waals surface area contributed by atoms with E-state index in [9.17, 15) is 4.79 Å². The smallest absolute Gasteiger partial charge is 0.226 e. The quantitative estimate of drug-likeness (QED) is 0.875. The van der Waals surface area contributed by atoms with Gasteiger partial charge >= 0.3 is 0 Å². The number of rotatable bonds is 4. The van der Waals surface area contributed by atoms with Gasteiger partial charge in [0.15, 0.2) is 0 Å². The number of hydrogen-bond donors (Lipinski definition) is 1. The van der Waals surface area contributed by atoms with Crippen LogP contribution in [0.5, 0.6) is 0 Å². The van der Waals surface area contributed by atoms with Crippen molar-refractivity contribution in [2.75, 3.05) is 0 Å². The first-order valence-corrected chi connectivity index (χ1v) is 9.42. The van der Waals surface area contributed by atoms with Crippen molar-refractivity contribution in [3.63, 3.8) is 0 Å². The van der Waals surface area contributed by atoms with Crippen LogP contribution < -0.4 is 5.32 Å². The van der Waals surface area contributed by atoms with Crippen molar-refractivity contribution < 1.29 is 4.79 Å². The first-order valence-electron chi connectivity index (χ1n) is 9.42. The Morgan fingerprint density at radius 1 is 1.17 bits per heavy atom. The molecule has 5 atom stereocenters. The summed E-state index contributed by atoms with van der Waals surface area (Å²) >= 11 is 0. The van der Waals surface area contributed by atoms with Gasteiger partial charge in [0, 0.05) is 6.04 Å². The summed E-state index contributed by atoms with van der Waals surface area (Å²) in [7, 11) is 0. The predicted molar refractivity (Wildman–Crippen MR) is 93.1 cm³/mol. The minimum atomic E-state index is -0.0939. The van der Waals surface area contributed by atoms with E-state index in [0.717, 1.165) is 37.5 Å². The second-order valence-electron chi connectivity index (χ2n) is 8.67. The van der Waals surface area contributed by atoms with Crippen LogP contribution >= 0.6 is 0 Å². The van der Waals surface area contributed by atoms with E-state index in [1.54, 1.807) is 0 Å². The molecule has 0 saturated heterocycles. The maximum absolute atomic E-state index is 13.1. The molecule has 4 saturated carbocycles. The maximum atomic E-state index is 13.1. The van der Waals surface area contributed by atoms with Crippen LogP contribution in [0.3, 0.4) is 0 Å². The lowest BCUT2D eigenvalue weighted by atomic mass is 9.42. The summed E-state index contributed by atoms with van der Waals surface area (Å²) in [6, 6.07) is 11.3. The number of nitrogens with one attached hydrogen (secondary N) is 1. The second-order valence-corrected chi connectivity index (χ2v) is 8.67. The second kappa shape index (κ2) is 5.36. The third kappa shape index (κ3) is 2.42. The molecule has 1 aromatic carbocycles. The zero-order valence-corrected chi connectivity index (χ0v) is 14.5. The highest BCUT2D eigenvalue weighted by Gasteiger charge is 2.60. The third-order valence-corrected chi connectivity index (χ3v) is 6.92. The van der Waals surface area contributed by atoms with E-state index >= 15 is 0 Å². The molecule has 4 aliphatic rings. The van der Waals surface area contributed by atoms with Gasteiger partial charge in [0.05, 0.1) is 5.41 Å². The predicted octanol–water partition coefficient (Wildman–Crippen LogP) is 4.44. The average Bonchev–Trinajstić information content (AvgIpc) is 2.54. The number of carbonyl (C=O) groups is 1. The summed E-state index contributed by atoms with van der Waals surface area (Å²) in [4.78, 5) is 13.1. The van der Waals surface area contributed by atoms with E-state index in [-0.39, 0.29) is 10.8 Å². The van der Waals surface area contributed by atoms with Crippen LogP contribution in [0.1, 0.15) is 64.4 Å². The van der Waals surface area contributed by atoms with Crippen molar-refractivity contribution in [1.29, 1.82) is 0 Å². The van der Waals surface area contributed by atoms with Gasteiger partial charge in [-0.1, -0.05) is 37.3 Å². The Morgan fingerprint density at radius 2 is 1.83 bits per heavy atom. The molecule has 23 heavy (non-hydrogen) atoms. The van der Waals surface area contributed by atoms with Gasteiger partial charge in [-0.15, -0.1) is 0 Å². The van der Waals surface area contributed by atoms with Crippen molar-refractivity contribution in [2.45, 2.75) is 70.3 Å². The lowest BCUT2D eigenvalue weighted by molar-refractivity contribution is -0.149. The van der Waals surface area contributed by atoms with E-state index in [1.165, 1.54) is 24.8 Å². The van der Waals surface area contributed by atoms with Crippen molar-refractivity contribution >= 4 is 5.91 Å².